The maximum absolute atomic E-state index is 5.96. The second kappa shape index (κ2) is 6.18. The molecule has 0 saturated heterocycles. The summed E-state index contributed by atoms with van der Waals surface area (Å²) in [7, 11) is 0. The smallest absolute Gasteiger partial charge is 0.230 e. The first kappa shape index (κ1) is 15.0. The lowest BCUT2D eigenvalue weighted by molar-refractivity contribution is 1.17. The zero-order valence-corrected chi connectivity index (χ0v) is 14.8. The Labute approximate surface area is 150 Å². The molecule has 24 heavy (non-hydrogen) atoms. The van der Waals surface area contributed by atoms with Gasteiger partial charge in [0.25, 0.3) is 0 Å². The second-order valence-corrected chi connectivity index (χ2v) is 6.91. The third-order valence-electron chi connectivity index (χ3n) is 3.59. The van der Waals surface area contributed by atoms with E-state index in [1.54, 1.807) is 0 Å². The maximum atomic E-state index is 5.96. The highest BCUT2D eigenvalue weighted by molar-refractivity contribution is 9.10. The molecule has 0 aliphatic heterocycles. The average Bonchev–Trinajstić information content (AvgIpc) is 3.19. The molecule has 4 rings (SSSR count). The first-order valence-corrected chi connectivity index (χ1v) is 8.87. The Morgan fingerprint density at radius 2 is 1.75 bits per heavy atom. The van der Waals surface area contributed by atoms with Crippen molar-refractivity contribution in [3.63, 3.8) is 0 Å². The molecule has 0 fully saturated rings. The van der Waals surface area contributed by atoms with Crippen LogP contribution in [0.2, 0.25) is 0 Å². The maximum Gasteiger partial charge on any atom is 0.230 e. The van der Waals surface area contributed by atoms with E-state index in [0.29, 0.717) is 16.8 Å². The molecule has 0 aliphatic carbocycles. The molecule has 0 spiro atoms. The number of hydrogen-bond acceptors (Lipinski definition) is 5. The fraction of sp³-hybridized carbons (Fsp3) is 0. The van der Waals surface area contributed by atoms with Crippen molar-refractivity contribution >= 4 is 54.8 Å². The van der Waals surface area contributed by atoms with Crippen molar-refractivity contribution in [3.05, 3.63) is 58.4 Å². The summed E-state index contributed by atoms with van der Waals surface area (Å²) < 4.78 is 1.04. The molecular formula is C17H12BrN5S. The monoisotopic (exact) mass is 397 g/mol. The van der Waals surface area contributed by atoms with Crippen LogP contribution in [0.4, 0.5) is 16.8 Å². The lowest BCUT2D eigenvalue weighted by Crippen LogP contribution is -1.82. The number of nitrogen functional groups attached to an aromatic ring is 1. The van der Waals surface area contributed by atoms with Gasteiger partial charge in [-0.25, -0.2) is 4.98 Å². The Hall–Kier alpha value is -2.51. The number of thiazole rings is 1. The highest BCUT2D eigenvalue weighted by Crippen LogP contribution is 2.33. The van der Waals surface area contributed by atoms with Crippen molar-refractivity contribution < 1.29 is 0 Å². The molecule has 2 heterocycles. The molecule has 0 amide bonds. The van der Waals surface area contributed by atoms with Crippen LogP contribution in [0.25, 0.3) is 22.0 Å². The van der Waals surface area contributed by atoms with Gasteiger partial charge in [-0.1, -0.05) is 52.3 Å². The van der Waals surface area contributed by atoms with Gasteiger partial charge >= 0.3 is 0 Å². The van der Waals surface area contributed by atoms with E-state index in [9.17, 15) is 0 Å². The summed E-state index contributed by atoms with van der Waals surface area (Å²) in [4.78, 5) is 7.57. The molecule has 0 radical (unpaired) electrons. The van der Waals surface area contributed by atoms with E-state index >= 15 is 0 Å². The van der Waals surface area contributed by atoms with Crippen molar-refractivity contribution in [1.82, 2.24) is 9.97 Å². The quantitative estimate of drug-likeness (QED) is 0.412. The van der Waals surface area contributed by atoms with Crippen molar-refractivity contribution in [3.8, 4) is 11.3 Å². The molecule has 0 saturated carbocycles. The van der Waals surface area contributed by atoms with Gasteiger partial charge in [0.1, 0.15) is 5.82 Å². The van der Waals surface area contributed by atoms with Gasteiger partial charge in [-0.2, -0.15) is 0 Å². The zero-order chi connectivity index (χ0) is 16.5. The Kier molecular flexibility index (Phi) is 3.87. The largest absolute Gasteiger partial charge is 0.385 e. The van der Waals surface area contributed by atoms with E-state index in [4.69, 9.17) is 5.73 Å². The van der Waals surface area contributed by atoms with Crippen LogP contribution in [0.3, 0.4) is 0 Å². The summed E-state index contributed by atoms with van der Waals surface area (Å²) >= 11 is 4.88. The van der Waals surface area contributed by atoms with Crippen LogP contribution in [0, 0.1) is 0 Å². The van der Waals surface area contributed by atoms with Crippen molar-refractivity contribution in [2.75, 3.05) is 5.73 Å². The van der Waals surface area contributed by atoms with E-state index in [-0.39, 0.29) is 0 Å². The molecule has 0 bridgehead atoms. The number of anilines is 1. The molecule has 0 aliphatic rings. The summed E-state index contributed by atoms with van der Waals surface area (Å²) in [5.41, 5.74) is 7.90. The van der Waals surface area contributed by atoms with Crippen LogP contribution < -0.4 is 5.73 Å². The number of azo groups is 1. The van der Waals surface area contributed by atoms with E-state index < -0.39 is 0 Å². The summed E-state index contributed by atoms with van der Waals surface area (Å²) in [6.45, 7) is 0. The minimum Gasteiger partial charge on any atom is -0.385 e. The molecule has 4 aromatic rings. The number of aromatic amines is 1. The summed E-state index contributed by atoms with van der Waals surface area (Å²) in [6, 6.07) is 15.8. The van der Waals surface area contributed by atoms with E-state index in [1.807, 2.05) is 53.9 Å². The highest BCUT2D eigenvalue weighted by Gasteiger charge is 2.08. The zero-order valence-electron chi connectivity index (χ0n) is 12.4. The number of nitrogens with zero attached hydrogens (tertiary/aromatic N) is 3. The van der Waals surface area contributed by atoms with Gasteiger partial charge < -0.3 is 10.7 Å². The summed E-state index contributed by atoms with van der Waals surface area (Å²) in [5.74, 6) is 1.23. The van der Waals surface area contributed by atoms with Crippen LogP contribution in [0.15, 0.2) is 68.6 Å². The van der Waals surface area contributed by atoms with Gasteiger partial charge in [-0.3, -0.25) is 0 Å². The SMILES string of the molecule is Nc1[nH]c(N=Nc2nc(-c3ccc(Br)cc3)cs2)c2ccccc12. The standard InChI is InChI=1S/C17H12BrN5S/c18-11-7-5-10(6-8-11)14-9-24-17(20-14)23-22-16-13-4-2-1-3-12(13)15(19)21-16/h1-9,21H,19H2. The normalized spacial score (nSPS) is 11.5. The first-order chi connectivity index (χ1) is 11.7. The minimum absolute atomic E-state index is 0.592. The predicted octanol–water partition coefficient (Wildman–Crippen LogP) is 6.05. The molecule has 2 aromatic heterocycles. The lowest BCUT2D eigenvalue weighted by Gasteiger charge is -1.95. The number of nitrogens with one attached hydrogen (secondary N) is 1. The van der Waals surface area contributed by atoms with Crippen molar-refractivity contribution in [2.45, 2.75) is 0 Å². The van der Waals surface area contributed by atoms with Gasteiger partial charge in [0.2, 0.25) is 5.13 Å². The van der Waals surface area contributed by atoms with Gasteiger partial charge in [0.05, 0.1) is 5.69 Å². The fourth-order valence-electron chi connectivity index (χ4n) is 2.42. The molecule has 0 atom stereocenters. The van der Waals surface area contributed by atoms with Crippen LogP contribution in [-0.4, -0.2) is 9.97 Å². The van der Waals surface area contributed by atoms with E-state index in [0.717, 1.165) is 26.5 Å². The first-order valence-electron chi connectivity index (χ1n) is 7.20. The molecule has 7 heteroatoms. The molecule has 0 unspecified atom stereocenters. The minimum atomic E-state index is 0.592. The van der Waals surface area contributed by atoms with Gasteiger partial charge in [0, 0.05) is 26.2 Å². The van der Waals surface area contributed by atoms with Crippen LogP contribution in [0.1, 0.15) is 0 Å². The number of halogens is 1. The Morgan fingerprint density at radius 3 is 2.54 bits per heavy atom. The number of aromatic nitrogens is 2. The molecule has 5 nitrogen and oxygen atoms in total. The summed E-state index contributed by atoms with van der Waals surface area (Å²) in [6.07, 6.45) is 0. The number of benzene rings is 2. The van der Waals surface area contributed by atoms with E-state index in [1.165, 1.54) is 11.3 Å². The van der Waals surface area contributed by atoms with E-state index in [2.05, 4.69) is 36.1 Å². The molecule has 3 N–H and O–H groups in total. The lowest BCUT2D eigenvalue weighted by atomic mass is 10.2. The number of H-pyrrole nitrogens is 1. The van der Waals surface area contributed by atoms with Crippen LogP contribution in [0.5, 0.6) is 0 Å². The predicted molar refractivity (Wildman–Crippen MR) is 102 cm³/mol. The highest BCUT2D eigenvalue weighted by atomic mass is 79.9. The summed E-state index contributed by atoms with van der Waals surface area (Å²) in [5, 5.41) is 13.0. The Morgan fingerprint density at radius 1 is 1.00 bits per heavy atom. The van der Waals surface area contributed by atoms with Crippen LogP contribution in [-0.2, 0) is 0 Å². The number of rotatable bonds is 3. The van der Waals surface area contributed by atoms with Gasteiger partial charge in [0.15, 0.2) is 5.82 Å². The molecule has 118 valence electrons. The van der Waals surface area contributed by atoms with Gasteiger partial charge in [-0.15, -0.1) is 21.6 Å². The topological polar surface area (TPSA) is 79.4 Å². The Balaban J connectivity index is 1.63. The molecule has 2 aromatic carbocycles. The third kappa shape index (κ3) is 2.83. The average molecular weight is 398 g/mol. The molecular weight excluding hydrogens is 386 g/mol. The van der Waals surface area contributed by atoms with Crippen molar-refractivity contribution in [2.24, 2.45) is 10.2 Å². The van der Waals surface area contributed by atoms with Gasteiger partial charge in [-0.05, 0) is 12.1 Å². The third-order valence-corrected chi connectivity index (χ3v) is 4.85. The Bertz CT molecular complexity index is 1030. The van der Waals surface area contributed by atoms with Crippen molar-refractivity contribution in [1.29, 1.82) is 0 Å². The number of fused-ring (bicyclic) bond motifs is 1. The number of hydrogen-bond donors (Lipinski definition) is 2. The fourth-order valence-corrected chi connectivity index (χ4v) is 3.33. The number of nitrogens with two attached hydrogens (primary N) is 1. The van der Waals surface area contributed by atoms with Crippen LogP contribution >= 0.6 is 27.3 Å². The second-order valence-electron chi connectivity index (χ2n) is 5.16.